The van der Waals surface area contributed by atoms with E-state index in [2.05, 4.69) is 46.0 Å². The number of guanidine groups is 1. The van der Waals surface area contributed by atoms with Gasteiger partial charge in [0.1, 0.15) is 0 Å². The van der Waals surface area contributed by atoms with E-state index in [1.807, 2.05) is 18.8 Å². The number of halogens is 1. The molecule has 3 unspecified atom stereocenters. The number of ether oxygens (including phenoxy) is 1. The van der Waals surface area contributed by atoms with Crippen LogP contribution in [0.1, 0.15) is 38.5 Å². The topological polar surface area (TPSA) is 45.7 Å². The van der Waals surface area contributed by atoms with Crippen molar-refractivity contribution in [3.8, 4) is 0 Å². The van der Waals surface area contributed by atoms with Crippen LogP contribution in [0, 0.1) is 11.3 Å². The molecule has 1 aromatic carbocycles. The first kappa shape index (κ1) is 19.8. The zero-order chi connectivity index (χ0) is 17.6. The van der Waals surface area contributed by atoms with Crippen LogP contribution in [-0.4, -0.2) is 43.1 Å². The first-order chi connectivity index (χ1) is 12.7. The van der Waals surface area contributed by atoms with Crippen molar-refractivity contribution in [2.75, 3.05) is 20.2 Å². The molecule has 2 N–H and O–H groups in total. The lowest BCUT2D eigenvalue weighted by Crippen LogP contribution is -2.72. The maximum Gasteiger partial charge on any atom is 0.191 e. The van der Waals surface area contributed by atoms with Gasteiger partial charge in [-0.05, 0) is 44.2 Å². The zero-order valence-corrected chi connectivity index (χ0v) is 19.1. The van der Waals surface area contributed by atoms with Crippen LogP contribution in [0.5, 0.6) is 0 Å². The highest BCUT2D eigenvalue weighted by molar-refractivity contribution is 14.0. The van der Waals surface area contributed by atoms with E-state index in [0.29, 0.717) is 28.2 Å². The fourth-order valence-electron chi connectivity index (χ4n) is 5.24. The van der Waals surface area contributed by atoms with E-state index in [4.69, 9.17) is 4.74 Å². The molecule has 1 saturated heterocycles. The SMILES string of the molecule is CN=C(NCC1(Sc2ccccc2)CC1)NC1C2CCOC2C12CCC2.I. The Morgan fingerprint density at radius 1 is 1.22 bits per heavy atom. The molecule has 3 atom stereocenters. The van der Waals surface area contributed by atoms with Crippen LogP contribution in [0.25, 0.3) is 0 Å². The van der Waals surface area contributed by atoms with Gasteiger partial charge in [-0.15, -0.1) is 35.7 Å². The lowest BCUT2D eigenvalue weighted by atomic mass is 9.46. The maximum absolute atomic E-state index is 6.04. The van der Waals surface area contributed by atoms with E-state index >= 15 is 0 Å². The largest absolute Gasteiger partial charge is 0.377 e. The molecule has 3 saturated carbocycles. The van der Waals surface area contributed by atoms with Crippen LogP contribution in [0.3, 0.4) is 0 Å². The van der Waals surface area contributed by atoms with Gasteiger partial charge in [-0.25, -0.2) is 0 Å². The molecule has 4 nitrogen and oxygen atoms in total. The predicted molar refractivity (Wildman–Crippen MR) is 122 cm³/mol. The van der Waals surface area contributed by atoms with Crippen molar-refractivity contribution in [3.63, 3.8) is 0 Å². The lowest BCUT2D eigenvalue weighted by Gasteiger charge is -2.63. The second kappa shape index (κ2) is 7.75. The Bertz CT molecular complexity index is 690. The predicted octanol–water partition coefficient (Wildman–Crippen LogP) is 4.05. The molecule has 4 fully saturated rings. The van der Waals surface area contributed by atoms with Crippen molar-refractivity contribution in [2.45, 2.75) is 60.3 Å². The molecule has 0 amide bonds. The van der Waals surface area contributed by atoms with Gasteiger partial charge in [0.2, 0.25) is 0 Å². The third-order valence-electron chi connectivity index (χ3n) is 7.02. The minimum Gasteiger partial charge on any atom is -0.377 e. The summed E-state index contributed by atoms with van der Waals surface area (Å²) in [6.07, 6.45) is 8.26. The van der Waals surface area contributed by atoms with Crippen molar-refractivity contribution in [1.82, 2.24) is 10.6 Å². The Morgan fingerprint density at radius 2 is 2.00 bits per heavy atom. The molecule has 1 spiro atoms. The van der Waals surface area contributed by atoms with Gasteiger partial charge in [0.05, 0.1) is 6.10 Å². The molecular formula is C21H30IN3OS. The van der Waals surface area contributed by atoms with Crippen LogP contribution in [0.2, 0.25) is 0 Å². The number of thioether (sulfide) groups is 1. The quantitative estimate of drug-likeness (QED) is 0.365. The highest BCUT2D eigenvalue weighted by Crippen LogP contribution is 2.62. The van der Waals surface area contributed by atoms with Crippen LogP contribution < -0.4 is 10.6 Å². The molecule has 1 heterocycles. The van der Waals surface area contributed by atoms with E-state index in [9.17, 15) is 0 Å². The summed E-state index contributed by atoms with van der Waals surface area (Å²) in [5.41, 5.74) is 0.398. The highest BCUT2D eigenvalue weighted by atomic mass is 127. The molecule has 148 valence electrons. The Balaban J connectivity index is 0.00000180. The van der Waals surface area contributed by atoms with Gasteiger partial charge in [0.25, 0.3) is 0 Å². The number of hydrogen-bond acceptors (Lipinski definition) is 3. The number of nitrogens with zero attached hydrogens (tertiary/aromatic N) is 1. The highest BCUT2D eigenvalue weighted by Gasteiger charge is 2.66. The molecule has 0 aromatic heterocycles. The van der Waals surface area contributed by atoms with Crippen LogP contribution in [-0.2, 0) is 4.74 Å². The van der Waals surface area contributed by atoms with E-state index in [-0.39, 0.29) is 24.0 Å². The third kappa shape index (κ3) is 3.50. The van der Waals surface area contributed by atoms with Gasteiger partial charge < -0.3 is 15.4 Å². The normalized spacial score (nSPS) is 31.9. The molecule has 27 heavy (non-hydrogen) atoms. The molecule has 0 radical (unpaired) electrons. The number of fused-ring (bicyclic) bond motifs is 2. The number of hydrogen-bond donors (Lipinski definition) is 2. The molecule has 4 aliphatic rings. The van der Waals surface area contributed by atoms with Crippen molar-refractivity contribution >= 4 is 41.7 Å². The molecule has 1 aromatic rings. The number of nitrogens with one attached hydrogen (secondary N) is 2. The van der Waals surface area contributed by atoms with Gasteiger partial charge in [-0.2, -0.15) is 0 Å². The van der Waals surface area contributed by atoms with E-state index in [1.165, 1.54) is 43.4 Å². The minimum atomic E-state index is 0. The molecule has 5 rings (SSSR count). The fraction of sp³-hybridized carbons (Fsp3) is 0.667. The molecular weight excluding hydrogens is 469 g/mol. The van der Waals surface area contributed by atoms with Gasteiger partial charge in [0.15, 0.2) is 5.96 Å². The molecule has 3 aliphatic carbocycles. The maximum atomic E-state index is 6.04. The summed E-state index contributed by atoms with van der Waals surface area (Å²) >= 11 is 2.01. The van der Waals surface area contributed by atoms with Crippen molar-refractivity contribution in [1.29, 1.82) is 0 Å². The molecule has 0 bridgehead atoms. The number of rotatable bonds is 5. The van der Waals surface area contributed by atoms with Crippen molar-refractivity contribution in [2.24, 2.45) is 16.3 Å². The summed E-state index contributed by atoms with van der Waals surface area (Å²) in [5, 5.41) is 7.42. The Morgan fingerprint density at radius 3 is 2.63 bits per heavy atom. The summed E-state index contributed by atoms with van der Waals surface area (Å²) < 4.78 is 6.38. The molecule has 1 aliphatic heterocycles. The minimum absolute atomic E-state index is 0. The second-order valence-corrected chi connectivity index (χ2v) is 10.0. The summed E-state index contributed by atoms with van der Waals surface area (Å²) in [6, 6.07) is 11.3. The Hall–Kier alpha value is -0.470. The van der Waals surface area contributed by atoms with Crippen LogP contribution in [0.15, 0.2) is 40.2 Å². The van der Waals surface area contributed by atoms with Crippen LogP contribution >= 0.6 is 35.7 Å². The monoisotopic (exact) mass is 499 g/mol. The number of benzene rings is 1. The van der Waals surface area contributed by atoms with E-state index in [1.54, 1.807) is 0 Å². The van der Waals surface area contributed by atoms with E-state index in [0.717, 1.165) is 19.1 Å². The van der Waals surface area contributed by atoms with E-state index < -0.39 is 0 Å². The number of aliphatic imine (C=N–C) groups is 1. The molecule has 6 heteroatoms. The third-order valence-corrected chi connectivity index (χ3v) is 8.51. The zero-order valence-electron chi connectivity index (χ0n) is 15.9. The lowest BCUT2D eigenvalue weighted by molar-refractivity contribution is -0.171. The average molecular weight is 499 g/mol. The van der Waals surface area contributed by atoms with Crippen molar-refractivity contribution in [3.05, 3.63) is 30.3 Å². The Kier molecular flexibility index (Phi) is 5.69. The Labute approximate surface area is 183 Å². The summed E-state index contributed by atoms with van der Waals surface area (Å²) in [5.74, 6) is 1.66. The summed E-state index contributed by atoms with van der Waals surface area (Å²) in [4.78, 5) is 5.90. The first-order valence-corrected chi connectivity index (χ1v) is 10.9. The van der Waals surface area contributed by atoms with Crippen molar-refractivity contribution < 1.29 is 4.74 Å². The van der Waals surface area contributed by atoms with Gasteiger partial charge in [0, 0.05) is 47.2 Å². The first-order valence-electron chi connectivity index (χ1n) is 10.1. The summed E-state index contributed by atoms with van der Waals surface area (Å²) in [6.45, 7) is 1.93. The van der Waals surface area contributed by atoms with Gasteiger partial charge in [-0.1, -0.05) is 24.6 Å². The van der Waals surface area contributed by atoms with Crippen LogP contribution in [0.4, 0.5) is 0 Å². The second-order valence-electron chi connectivity index (χ2n) is 8.48. The standard InChI is InChI=1S/C21H29N3OS.HI/c1-22-19(23-14-20(11-12-20)26-15-6-3-2-4-7-15)24-17-16-8-13-25-18(16)21(17)9-5-10-21;/h2-4,6-7,16-18H,5,8-14H2,1H3,(H2,22,23,24);1H. The van der Waals surface area contributed by atoms with Gasteiger partial charge >= 0.3 is 0 Å². The summed E-state index contributed by atoms with van der Waals surface area (Å²) in [7, 11) is 1.90. The average Bonchev–Trinajstić information content (AvgIpc) is 3.24. The smallest absolute Gasteiger partial charge is 0.191 e. The fourth-order valence-corrected chi connectivity index (χ4v) is 6.48. The van der Waals surface area contributed by atoms with Gasteiger partial charge in [-0.3, -0.25) is 4.99 Å².